The third-order valence-corrected chi connectivity index (χ3v) is 9.71. The van der Waals surface area contributed by atoms with Crippen molar-refractivity contribution in [2.45, 2.75) is 36.9 Å². The molecule has 0 bridgehead atoms. The summed E-state index contributed by atoms with van der Waals surface area (Å²) in [4.78, 5) is 45.5. The van der Waals surface area contributed by atoms with Crippen molar-refractivity contribution < 1.29 is 34.8 Å². The van der Waals surface area contributed by atoms with Crippen LogP contribution >= 0.6 is 0 Å². The van der Waals surface area contributed by atoms with E-state index in [4.69, 9.17) is 5.73 Å². The molecule has 6 rings (SSSR count). The maximum Gasteiger partial charge on any atom is 0.255 e. The lowest BCUT2D eigenvalue weighted by atomic mass is 9.58. The van der Waals surface area contributed by atoms with Crippen LogP contribution in [0.5, 0.6) is 5.75 Å². The normalized spacial score (nSPS) is 34.1. The number of benzene rings is 1. The van der Waals surface area contributed by atoms with E-state index in [0.29, 0.717) is 11.5 Å². The predicted octanol–water partition coefficient (Wildman–Crippen LogP) is 0.563. The number of amides is 1. The van der Waals surface area contributed by atoms with Gasteiger partial charge in [0.1, 0.15) is 22.8 Å². The maximum absolute atomic E-state index is 14.0. The van der Waals surface area contributed by atoms with Gasteiger partial charge in [0.15, 0.2) is 11.4 Å². The number of phenols is 1. The van der Waals surface area contributed by atoms with Crippen LogP contribution in [0.1, 0.15) is 40.4 Å². The highest BCUT2D eigenvalue weighted by Gasteiger charge is 2.63. The summed E-state index contributed by atoms with van der Waals surface area (Å²) < 4.78 is 0. The van der Waals surface area contributed by atoms with Crippen LogP contribution in [0, 0.1) is 17.8 Å². The lowest BCUT2D eigenvalue weighted by molar-refractivity contribution is -0.148. The molecule has 1 fully saturated rings. The van der Waals surface area contributed by atoms with Gasteiger partial charge in [-0.05, 0) is 76.0 Å². The van der Waals surface area contributed by atoms with Gasteiger partial charge in [-0.3, -0.25) is 24.2 Å². The molecule has 0 spiro atoms. The first-order valence-corrected chi connectivity index (χ1v) is 13.3. The van der Waals surface area contributed by atoms with Gasteiger partial charge in [0, 0.05) is 36.8 Å². The zero-order chi connectivity index (χ0) is 28.3. The number of likely N-dealkylation sites (tertiary alicyclic amines) is 1. The van der Waals surface area contributed by atoms with Crippen molar-refractivity contribution in [3.8, 4) is 5.75 Å². The van der Waals surface area contributed by atoms with Gasteiger partial charge < -0.3 is 31.1 Å². The summed E-state index contributed by atoms with van der Waals surface area (Å²) in [6.07, 6.45) is 1.40. The second-order valence-electron chi connectivity index (χ2n) is 12.0. The molecule has 2 unspecified atom stereocenters. The summed E-state index contributed by atoms with van der Waals surface area (Å²) in [7, 11) is 7.27. The molecule has 1 aromatic carbocycles. The number of ketones is 2. The molecule has 208 valence electrons. The monoisotopic (exact) mass is 538 g/mol. The highest BCUT2D eigenvalue weighted by molar-refractivity contribution is 6.25. The zero-order valence-electron chi connectivity index (χ0n) is 22.4. The first-order valence-electron chi connectivity index (χ1n) is 13.3. The molecule has 11 heteroatoms. The second-order valence-corrected chi connectivity index (χ2v) is 12.0. The average molecular weight is 539 g/mol. The molecule has 0 saturated carbocycles. The number of aliphatic hydroxyl groups excluding tert-OH is 2. The summed E-state index contributed by atoms with van der Waals surface area (Å²) in [6, 6.07) is 0.746. The lowest BCUT2D eigenvalue weighted by Crippen LogP contribution is -2.63. The van der Waals surface area contributed by atoms with Gasteiger partial charge in [-0.25, -0.2) is 0 Å². The van der Waals surface area contributed by atoms with Gasteiger partial charge in [-0.15, -0.1) is 0 Å². The van der Waals surface area contributed by atoms with Crippen LogP contribution in [0.4, 0.5) is 5.69 Å². The van der Waals surface area contributed by atoms with Crippen LogP contribution in [-0.2, 0) is 16.0 Å². The topological polar surface area (TPSA) is 168 Å². The summed E-state index contributed by atoms with van der Waals surface area (Å²) in [5.41, 5.74) is 4.41. The first kappa shape index (κ1) is 25.8. The Hall–Kier alpha value is -3.41. The fourth-order valence-electron chi connectivity index (χ4n) is 8.17. The maximum atomic E-state index is 14.0. The molecule has 0 radical (unpaired) electrons. The molecule has 39 heavy (non-hydrogen) atoms. The second kappa shape index (κ2) is 8.30. The average Bonchev–Trinajstić information content (AvgIpc) is 3.21. The lowest BCUT2D eigenvalue weighted by Gasteiger charge is -2.50. The standard InChI is InChI=1S/C28H34N4O7/c1-30(2)22-15-8-12-7-13-18(16(33)9-14-20-11(5-6-31(20)3)10-32(4)21(13)14)23(34)17(12)25(36)28(15,39)26(37)19(24(22)35)27(29)38/h9,11-12,15,20,22,33,35-36,39H,5-8,10H2,1-4H3,(H2,29,38)/t11?,12-,15-,20?,22+,28-/m0/s1. The third-order valence-electron chi connectivity index (χ3n) is 9.71. The van der Waals surface area contributed by atoms with Crippen molar-refractivity contribution in [1.29, 1.82) is 0 Å². The number of aromatic hydroxyl groups is 1. The third kappa shape index (κ3) is 3.17. The number of carbonyl (C=O) groups excluding carboxylic acids is 3. The molecule has 11 nitrogen and oxygen atoms in total. The van der Waals surface area contributed by atoms with Gasteiger partial charge in [-0.1, -0.05) is 0 Å². The number of aliphatic hydroxyl groups is 3. The summed E-state index contributed by atoms with van der Waals surface area (Å²) in [5, 5.41) is 45.3. The number of fused-ring (bicyclic) bond motifs is 7. The number of phenolic OH excluding ortho intramolecular Hbond substituents is 1. The quantitative estimate of drug-likeness (QED) is 0.336. The van der Waals surface area contributed by atoms with Crippen molar-refractivity contribution in [3.05, 3.63) is 45.4 Å². The van der Waals surface area contributed by atoms with Crippen LogP contribution < -0.4 is 10.6 Å². The van der Waals surface area contributed by atoms with E-state index in [1.165, 1.54) is 0 Å². The number of rotatable bonds is 2. The molecule has 6 atom stereocenters. The van der Waals surface area contributed by atoms with E-state index in [-0.39, 0.29) is 35.8 Å². The Morgan fingerprint density at radius 3 is 2.51 bits per heavy atom. The fraction of sp³-hybridized carbons (Fsp3) is 0.536. The van der Waals surface area contributed by atoms with Gasteiger partial charge in [0.25, 0.3) is 5.91 Å². The Morgan fingerprint density at radius 2 is 1.87 bits per heavy atom. The number of anilines is 1. The van der Waals surface area contributed by atoms with E-state index in [0.717, 1.165) is 30.8 Å². The molecular weight excluding hydrogens is 504 g/mol. The number of Topliss-reactive ketones (excluding diaryl/α,β-unsaturated/α-hetero) is 2. The van der Waals surface area contributed by atoms with E-state index in [1.807, 2.05) is 7.05 Å². The van der Waals surface area contributed by atoms with Crippen molar-refractivity contribution in [3.63, 3.8) is 0 Å². The molecular formula is C28H34N4O7. The Labute approximate surface area is 225 Å². The summed E-state index contributed by atoms with van der Waals surface area (Å²) >= 11 is 0. The van der Waals surface area contributed by atoms with Gasteiger partial charge >= 0.3 is 0 Å². The number of hydrogen-bond acceptors (Lipinski definition) is 10. The number of nitrogens with two attached hydrogens (primary N) is 1. The number of likely N-dealkylation sites (N-methyl/N-ethyl adjacent to an activating group) is 1. The first-order chi connectivity index (χ1) is 18.3. The Kier molecular flexibility index (Phi) is 5.50. The van der Waals surface area contributed by atoms with Crippen molar-refractivity contribution in [1.82, 2.24) is 9.80 Å². The van der Waals surface area contributed by atoms with Crippen molar-refractivity contribution in [2.75, 3.05) is 46.2 Å². The predicted molar refractivity (Wildman–Crippen MR) is 140 cm³/mol. The number of primary amides is 1. The fourth-order valence-corrected chi connectivity index (χ4v) is 8.17. The Bertz CT molecular complexity index is 1410. The van der Waals surface area contributed by atoms with E-state index in [1.54, 1.807) is 25.1 Å². The van der Waals surface area contributed by atoms with E-state index < -0.39 is 58.0 Å². The molecule has 3 aliphatic carbocycles. The largest absolute Gasteiger partial charge is 0.510 e. The smallest absolute Gasteiger partial charge is 0.255 e. The van der Waals surface area contributed by atoms with Crippen LogP contribution in [-0.4, -0.2) is 101 Å². The molecule has 2 aliphatic heterocycles. The Balaban J connectivity index is 1.55. The van der Waals surface area contributed by atoms with Crippen LogP contribution in [0.3, 0.4) is 0 Å². The van der Waals surface area contributed by atoms with E-state index >= 15 is 0 Å². The molecule has 1 amide bonds. The van der Waals surface area contributed by atoms with Crippen molar-refractivity contribution >= 4 is 23.2 Å². The highest BCUT2D eigenvalue weighted by atomic mass is 16.3. The minimum absolute atomic E-state index is 0.0560. The molecule has 5 aliphatic rings. The van der Waals surface area contributed by atoms with Crippen LogP contribution in [0.2, 0.25) is 0 Å². The molecule has 6 N–H and O–H groups in total. The molecule has 1 saturated heterocycles. The van der Waals surface area contributed by atoms with Crippen LogP contribution in [0.15, 0.2) is 28.7 Å². The Morgan fingerprint density at radius 1 is 1.18 bits per heavy atom. The number of hydrogen-bond donors (Lipinski definition) is 5. The molecule has 1 aromatic rings. The number of nitrogens with zero attached hydrogens (tertiary/aromatic N) is 3. The number of allylic oxidation sites excluding steroid dienone is 1. The van der Waals surface area contributed by atoms with Gasteiger partial charge in [0.2, 0.25) is 5.78 Å². The SMILES string of the molecule is CN1CC2CCN(C)C2c2cc(O)c3c(c21)C[C@H]1C[C@H]2[C@@H](N(C)C)C(O)=C(C(N)=O)C(=O)[C@@]2(O)C(O)=C1C3=O. The minimum atomic E-state index is -2.63. The summed E-state index contributed by atoms with van der Waals surface area (Å²) in [5.74, 6) is -5.98. The van der Waals surface area contributed by atoms with Gasteiger partial charge in [0.05, 0.1) is 11.6 Å². The van der Waals surface area contributed by atoms with Crippen LogP contribution in [0.25, 0.3) is 0 Å². The van der Waals surface area contributed by atoms with Gasteiger partial charge in [-0.2, -0.15) is 0 Å². The summed E-state index contributed by atoms with van der Waals surface area (Å²) in [6.45, 7) is 1.74. The molecule has 0 aromatic heterocycles. The zero-order valence-corrected chi connectivity index (χ0v) is 22.4. The van der Waals surface area contributed by atoms with E-state index in [2.05, 4.69) is 16.8 Å². The highest BCUT2D eigenvalue weighted by Crippen LogP contribution is 2.55. The van der Waals surface area contributed by atoms with E-state index in [9.17, 15) is 34.8 Å². The van der Waals surface area contributed by atoms with Crippen molar-refractivity contribution in [2.24, 2.45) is 23.5 Å². The minimum Gasteiger partial charge on any atom is -0.510 e. The number of carbonyl (C=O) groups is 3. The molecule has 2 heterocycles.